The molecule has 0 heterocycles. The fourth-order valence-corrected chi connectivity index (χ4v) is 2.66. The van der Waals surface area contributed by atoms with Gasteiger partial charge in [0.2, 0.25) is 0 Å². The minimum atomic E-state index is -1.23. The highest BCUT2D eigenvalue weighted by atomic mass is 32.2. The van der Waals surface area contributed by atoms with E-state index in [0.29, 0.717) is 6.42 Å². The highest BCUT2D eigenvalue weighted by molar-refractivity contribution is 7.99. The number of carboxylic acid groups (broad SMARTS) is 1. The van der Waals surface area contributed by atoms with Gasteiger partial charge in [0.15, 0.2) is 0 Å². The van der Waals surface area contributed by atoms with E-state index < -0.39 is 11.5 Å². The fraction of sp³-hybridized carbons (Fsp3) is 0.417. The summed E-state index contributed by atoms with van der Waals surface area (Å²) in [6.07, 6.45) is 0.352. The highest BCUT2D eigenvalue weighted by Gasteiger charge is 2.30. The lowest BCUT2D eigenvalue weighted by molar-refractivity contribution is -0.142. The second-order valence-corrected chi connectivity index (χ2v) is 5.82. The molecule has 94 valence electrons. The molecular weight excluding hydrogens is 241 g/mol. The molecule has 0 fully saturated rings. The zero-order valence-corrected chi connectivity index (χ0v) is 10.6. The van der Waals surface area contributed by atoms with Crippen molar-refractivity contribution < 1.29 is 14.3 Å². The Kier molecular flexibility index (Phi) is 4.54. The van der Waals surface area contributed by atoms with E-state index in [1.807, 2.05) is 6.92 Å². The van der Waals surface area contributed by atoms with Crippen molar-refractivity contribution >= 4 is 17.7 Å². The summed E-state index contributed by atoms with van der Waals surface area (Å²) in [5.74, 6) is -1.29. The summed E-state index contributed by atoms with van der Waals surface area (Å²) in [5, 5.41) is 8.96. The number of carboxylic acids is 1. The third-order valence-corrected chi connectivity index (χ3v) is 3.46. The van der Waals surface area contributed by atoms with Gasteiger partial charge in [-0.05, 0) is 37.6 Å². The lowest BCUT2D eigenvalue weighted by atomic mass is 9.98. The quantitative estimate of drug-likeness (QED) is 0.795. The number of benzene rings is 1. The van der Waals surface area contributed by atoms with Crippen LogP contribution in [0.25, 0.3) is 0 Å². The number of aliphatic carboxylic acids is 1. The molecule has 3 N–H and O–H groups in total. The maximum absolute atomic E-state index is 12.7. The van der Waals surface area contributed by atoms with Crippen LogP contribution in [0, 0.1) is 5.82 Å². The minimum Gasteiger partial charge on any atom is -0.480 e. The van der Waals surface area contributed by atoms with Crippen LogP contribution in [0.3, 0.4) is 0 Å². The smallest absolute Gasteiger partial charge is 0.323 e. The van der Waals surface area contributed by atoms with Crippen LogP contribution in [0.4, 0.5) is 4.39 Å². The summed E-state index contributed by atoms with van der Waals surface area (Å²) < 4.78 is 12.7. The van der Waals surface area contributed by atoms with Crippen molar-refractivity contribution in [3.05, 3.63) is 30.1 Å². The molecule has 0 bridgehead atoms. The molecule has 1 aromatic carbocycles. The zero-order chi connectivity index (χ0) is 13.1. The van der Waals surface area contributed by atoms with E-state index >= 15 is 0 Å². The molecular formula is C12H16FNO2S. The minimum absolute atomic E-state index is 0.0477. The Labute approximate surface area is 104 Å². The van der Waals surface area contributed by atoms with Crippen LogP contribution in [0.5, 0.6) is 0 Å². The molecule has 5 heteroatoms. The molecule has 0 aliphatic rings. The Hall–Kier alpha value is -1.07. The van der Waals surface area contributed by atoms with E-state index in [0.717, 1.165) is 4.90 Å². The van der Waals surface area contributed by atoms with Gasteiger partial charge in [0.25, 0.3) is 0 Å². The van der Waals surface area contributed by atoms with Crippen molar-refractivity contribution in [3.63, 3.8) is 0 Å². The number of hydrogen-bond acceptors (Lipinski definition) is 3. The lowest BCUT2D eigenvalue weighted by Crippen LogP contribution is -2.46. The number of rotatable bonds is 5. The summed E-state index contributed by atoms with van der Waals surface area (Å²) in [5.41, 5.74) is 4.44. The van der Waals surface area contributed by atoms with Gasteiger partial charge in [-0.25, -0.2) is 4.39 Å². The van der Waals surface area contributed by atoms with Crippen molar-refractivity contribution in [2.24, 2.45) is 5.73 Å². The zero-order valence-electron chi connectivity index (χ0n) is 9.81. The van der Waals surface area contributed by atoms with E-state index in [9.17, 15) is 9.18 Å². The molecule has 2 atom stereocenters. The second kappa shape index (κ2) is 5.51. The van der Waals surface area contributed by atoms with Crippen LogP contribution in [0.1, 0.15) is 20.3 Å². The number of nitrogens with two attached hydrogens (primary N) is 1. The molecule has 0 spiro atoms. The maximum Gasteiger partial charge on any atom is 0.323 e. The molecule has 0 aromatic heterocycles. The van der Waals surface area contributed by atoms with Gasteiger partial charge in [0.1, 0.15) is 11.4 Å². The summed E-state index contributed by atoms with van der Waals surface area (Å²) in [7, 11) is 0. The first-order valence-corrected chi connectivity index (χ1v) is 6.14. The van der Waals surface area contributed by atoms with E-state index in [1.54, 1.807) is 12.1 Å². The Morgan fingerprint density at radius 3 is 2.53 bits per heavy atom. The second-order valence-electron chi connectivity index (χ2n) is 4.31. The van der Waals surface area contributed by atoms with E-state index in [-0.39, 0.29) is 11.1 Å². The highest BCUT2D eigenvalue weighted by Crippen LogP contribution is 2.28. The van der Waals surface area contributed by atoms with Gasteiger partial charge in [-0.3, -0.25) is 4.79 Å². The number of hydrogen-bond donors (Lipinski definition) is 2. The molecule has 0 radical (unpaired) electrons. The van der Waals surface area contributed by atoms with Crippen molar-refractivity contribution in [2.75, 3.05) is 0 Å². The molecule has 0 amide bonds. The van der Waals surface area contributed by atoms with Crippen LogP contribution < -0.4 is 5.73 Å². The number of thioether (sulfide) groups is 1. The summed E-state index contributed by atoms with van der Waals surface area (Å²) in [4.78, 5) is 11.8. The molecule has 0 saturated carbocycles. The normalized spacial score (nSPS) is 16.2. The van der Waals surface area contributed by atoms with Gasteiger partial charge in [0.05, 0.1) is 0 Å². The van der Waals surface area contributed by atoms with Gasteiger partial charge >= 0.3 is 5.97 Å². The topological polar surface area (TPSA) is 63.3 Å². The first-order chi connectivity index (χ1) is 7.81. The molecule has 0 aliphatic carbocycles. The predicted octanol–water partition coefficient (Wildman–Crippen LogP) is 2.50. The van der Waals surface area contributed by atoms with Gasteiger partial charge in [-0.1, -0.05) is 6.92 Å². The molecule has 0 aliphatic heterocycles. The molecule has 1 rings (SSSR count). The van der Waals surface area contributed by atoms with Crippen molar-refractivity contribution in [1.82, 2.24) is 0 Å². The molecule has 3 nitrogen and oxygen atoms in total. The molecule has 1 aromatic rings. The van der Waals surface area contributed by atoms with E-state index in [1.165, 1.54) is 30.8 Å². The van der Waals surface area contributed by atoms with Crippen LogP contribution in [0.2, 0.25) is 0 Å². The maximum atomic E-state index is 12.7. The van der Waals surface area contributed by atoms with Gasteiger partial charge < -0.3 is 10.8 Å². The van der Waals surface area contributed by atoms with E-state index in [2.05, 4.69) is 0 Å². The van der Waals surface area contributed by atoms with Crippen LogP contribution in [-0.2, 0) is 4.79 Å². The SMILES string of the molecule is CC(CC(C)(N)C(=O)O)Sc1ccc(F)cc1. The Morgan fingerprint density at radius 1 is 1.53 bits per heavy atom. The summed E-state index contributed by atoms with van der Waals surface area (Å²) in [6, 6.07) is 6.11. The van der Waals surface area contributed by atoms with Gasteiger partial charge in [-0.2, -0.15) is 0 Å². The first-order valence-electron chi connectivity index (χ1n) is 5.26. The number of halogens is 1. The van der Waals surface area contributed by atoms with Crippen LogP contribution in [-0.4, -0.2) is 21.9 Å². The summed E-state index contributed by atoms with van der Waals surface area (Å²) in [6.45, 7) is 3.40. The number of carbonyl (C=O) groups is 1. The van der Waals surface area contributed by atoms with Gasteiger partial charge in [0, 0.05) is 10.1 Å². The van der Waals surface area contributed by atoms with E-state index in [4.69, 9.17) is 10.8 Å². The largest absolute Gasteiger partial charge is 0.480 e. The van der Waals surface area contributed by atoms with Crippen molar-refractivity contribution in [2.45, 2.75) is 36.0 Å². The average Bonchev–Trinajstić information content (AvgIpc) is 2.20. The Morgan fingerprint density at radius 2 is 2.06 bits per heavy atom. The molecule has 17 heavy (non-hydrogen) atoms. The Balaban J connectivity index is 2.58. The van der Waals surface area contributed by atoms with Gasteiger partial charge in [-0.15, -0.1) is 11.8 Å². The predicted molar refractivity (Wildman–Crippen MR) is 66.6 cm³/mol. The molecule has 2 unspecified atom stereocenters. The monoisotopic (exact) mass is 257 g/mol. The van der Waals surface area contributed by atoms with Crippen LogP contribution in [0.15, 0.2) is 29.2 Å². The first kappa shape index (κ1) is 14.0. The van der Waals surface area contributed by atoms with Crippen molar-refractivity contribution in [3.8, 4) is 0 Å². The standard InChI is InChI=1S/C12H16FNO2S/c1-8(7-12(2,14)11(15)16)17-10-5-3-9(13)4-6-10/h3-6,8H,7,14H2,1-2H3,(H,15,16). The summed E-state index contributed by atoms with van der Waals surface area (Å²) >= 11 is 1.49. The third-order valence-electron chi connectivity index (χ3n) is 2.35. The molecule has 0 saturated heterocycles. The average molecular weight is 257 g/mol. The fourth-order valence-electron chi connectivity index (χ4n) is 1.47. The van der Waals surface area contributed by atoms with Crippen LogP contribution >= 0.6 is 11.8 Å². The third kappa shape index (κ3) is 4.36. The Bertz CT molecular complexity index is 392. The van der Waals surface area contributed by atoms with Crippen molar-refractivity contribution in [1.29, 1.82) is 0 Å². The lowest BCUT2D eigenvalue weighted by Gasteiger charge is -2.23.